The minimum atomic E-state index is -0.966. The number of hydrogen-bond acceptors (Lipinski definition) is 2. The maximum atomic E-state index is 14.3. The van der Waals surface area contributed by atoms with Crippen molar-refractivity contribution in [3.63, 3.8) is 0 Å². The fraction of sp³-hybridized carbons (Fsp3) is 0.455. The number of aryl methyl sites for hydroxylation is 1. The van der Waals surface area contributed by atoms with Gasteiger partial charge in [-0.2, -0.15) is 4.39 Å². The summed E-state index contributed by atoms with van der Waals surface area (Å²) in [5.41, 5.74) is 0.885. The van der Waals surface area contributed by atoms with Gasteiger partial charge in [-0.25, -0.2) is 13.2 Å². The van der Waals surface area contributed by atoms with E-state index in [2.05, 4.69) is 0 Å². The summed E-state index contributed by atoms with van der Waals surface area (Å²) in [5, 5.41) is 0. The summed E-state index contributed by atoms with van der Waals surface area (Å²) < 4.78 is 66.7. The molecule has 2 aromatic carbocycles. The lowest BCUT2D eigenvalue weighted by molar-refractivity contribution is 0.0116. The summed E-state index contributed by atoms with van der Waals surface area (Å²) in [7, 11) is 1.30. The van der Waals surface area contributed by atoms with Crippen LogP contribution in [-0.2, 0) is 17.8 Å². The average Bonchev–Trinajstić information content (AvgIpc) is 2.72. The van der Waals surface area contributed by atoms with Gasteiger partial charge in [0.25, 0.3) is 0 Å². The molecule has 1 aliphatic carbocycles. The minimum absolute atomic E-state index is 0.00634. The van der Waals surface area contributed by atoms with Gasteiger partial charge in [0.05, 0.1) is 19.8 Å². The van der Waals surface area contributed by atoms with Gasteiger partial charge >= 0.3 is 0 Å². The van der Waals surface area contributed by atoms with E-state index in [1.807, 2.05) is 0 Å². The molecule has 0 heterocycles. The highest BCUT2D eigenvalue weighted by molar-refractivity contribution is 5.33. The highest BCUT2D eigenvalue weighted by Crippen LogP contribution is 2.37. The van der Waals surface area contributed by atoms with Crippen LogP contribution in [0.1, 0.15) is 55.2 Å². The van der Waals surface area contributed by atoms with Gasteiger partial charge in [0, 0.05) is 5.56 Å². The number of rotatable bonds is 6. The van der Waals surface area contributed by atoms with Gasteiger partial charge in [-0.3, -0.25) is 0 Å². The van der Waals surface area contributed by atoms with Gasteiger partial charge in [0.2, 0.25) is 5.82 Å². The Labute approximate surface area is 162 Å². The van der Waals surface area contributed by atoms with Crippen molar-refractivity contribution < 1.29 is 27.0 Å². The molecule has 1 aliphatic rings. The lowest BCUT2D eigenvalue weighted by Gasteiger charge is -2.29. The Kier molecular flexibility index (Phi) is 6.60. The highest BCUT2D eigenvalue weighted by Gasteiger charge is 2.27. The van der Waals surface area contributed by atoms with Gasteiger partial charge in [0.1, 0.15) is 0 Å². The lowest BCUT2D eigenvalue weighted by Crippen LogP contribution is -2.21. The Balaban J connectivity index is 1.58. The predicted molar refractivity (Wildman–Crippen MR) is 98.4 cm³/mol. The van der Waals surface area contributed by atoms with Crippen molar-refractivity contribution in [3.8, 4) is 5.75 Å². The van der Waals surface area contributed by atoms with Crippen LogP contribution in [0.5, 0.6) is 5.75 Å². The molecule has 0 atom stereocenters. The molecule has 6 heteroatoms. The van der Waals surface area contributed by atoms with Crippen molar-refractivity contribution in [3.05, 3.63) is 64.2 Å². The van der Waals surface area contributed by atoms with Crippen LogP contribution in [0.15, 0.2) is 24.3 Å². The first kappa shape index (κ1) is 20.6. The van der Waals surface area contributed by atoms with E-state index < -0.39 is 23.3 Å². The molecule has 0 N–H and O–H groups in total. The van der Waals surface area contributed by atoms with Gasteiger partial charge in [-0.1, -0.05) is 25.1 Å². The fourth-order valence-corrected chi connectivity index (χ4v) is 3.78. The molecule has 0 aliphatic heterocycles. The third-order valence-corrected chi connectivity index (χ3v) is 5.51. The molecule has 1 fully saturated rings. The molecule has 152 valence electrons. The summed E-state index contributed by atoms with van der Waals surface area (Å²) in [6.45, 7) is 1.76. The Morgan fingerprint density at radius 3 is 2.11 bits per heavy atom. The van der Waals surface area contributed by atoms with Crippen LogP contribution in [-0.4, -0.2) is 13.2 Å². The van der Waals surface area contributed by atoms with Gasteiger partial charge in [-0.05, 0) is 55.2 Å². The zero-order chi connectivity index (χ0) is 20.3. The second kappa shape index (κ2) is 8.95. The monoisotopic (exact) mass is 396 g/mol. The Hall–Kier alpha value is -2.08. The standard InChI is InChI=1S/C22H24F4O2/c1-3-13-4-5-15(20(24)19(13)23)12-28-16-8-6-14(7-9-16)17-10-11-18(27-2)22(26)21(17)25/h4-5,10-11,14,16H,3,6-9,12H2,1-2H3. The Morgan fingerprint density at radius 1 is 0.821 bits per heavy atom. The first-order chi connectivity index (χ1) is 13.5. The van der Waals surface area contributed by atoms with E-state index in [1.165, 1.54) is 13.2 Å². The van der Waals surface area contributed by atoms with E-state index >= 15 is 0 Å². The van der Waals surface area contributed by atoms with Crippen molar-refractivity contribution in [1.82, 2.24) is 0 Å². The number of ether oxygens (including phenoxy) is 2. The normalized spacial score (nSPS) is 19.6. The molecule has 28 heavy (non-hydrogen) atoms. The second-order valence-electron chi connectivity index (χ2n) is 7.13. The van der Waals surface area contributed by atoms with Crippen LogP contribution in [0.25, 0.3) is 0 Å². The Morgan fingerprint density at radius 2 is 1.46 bits per heavy atom. The molecule has 0 amide bonds. The van der Waals surface area contributed by atoms with Crippen LogP contribution < -0.4 is 4.74 Å². The van der Waals surface area contributed by atoms with E-state index in [9.17, 15) is 17.6 Å². The van der Waals surface area contributed by atoms with Crippen molar-refractivity contribution in [2.24, 2.45) is 0 Å². The van der Waals surface area contributed by atoms with Gasteiger partial charge in [0.15, 0.2) is 23.2 Å². The van der Waals surface area contributed by atoms with Crippen LogP contribution in [0.4, 0.5) is 17.6 Å². The molecule has 0 aromatic heterocycles. The lowest BCUT2D eigenvalue weighted by atomic mass is 9.82. The summed E-state index contributed by atoms with van der Waals surface area (Å²) in [6, 6.07) is 6.14. The molecule has 0 saturated heterocycles. The fourth-order valence-electron chi connectivity index (χ4n) is 3.78. The van der Waals surface area contributed by atoms with Crippen molar-refractivity contribution in [2.75, 3.05) is 7.11 Å². The summed E-state index contributed by atoms with van der Waals surface area (Å²) >= 11 is 0. The van der Waals surface area contributed by atoms with Crippen LogP contribution in [0.2, 0.25) is 0 Å². The molecule has 0 radical (unpaired) electrons. The predicted octanol–water partition coefficient (Wildman–Crippen LogP) is 6.06. The quantitative estimate of drug-likeness (QED) is 0.553. The van der Waals surface area contributed by atoms with E-state index in [-0.39, 0.29) is 29.9 Å². The van der Waals surface area contributed by atoms with Crippen molar-refractivity contribution in [2.45, 2.75) is 57.7 Å². The van der Waals surface area contributed by atoms with Crippen molar-refractivity contribution >= 4 is 0 Å². The maximum absolute atomic E-state index is 14.3. The third-order valence-electron chi connectivity index (χ3n) is 5.51. The average molecular weight is 396 g/mol. The minimum Gasteiger partial charge on any atom is -0.494 e. The van der Waals surface area contributed by atoms with E-state index in [0.717, 1.165) is 0 Å². The molecule has 2 aromatic rings. The molecular weight excluding hydrogens is 372 g/mol. The molecule has 0 bridgehead atoms. The van der Waals surface area contributed by atoms with Crippen LogP contribution in [0.3, 0.4) is 0 Å². The highest BCUT2D eigenvalue weighted by atomic mass is 19.2. The number of hydrogen-bond donors (Lipinski definition) is 0. The number of benzene rings is 2. The summed E-state index contributed by atoms with van der Waals surface area (Å²) in [5.74, 6) is -3.71. The first-order valence-corrected chi connectivity index (χ1v) is 9.55. The third kappa shape index (κ3) is 4.17. The smallest absolute Gasteiger partial charge is 0.200 e. The van der Waals surface area contributed by atoms with Crippen molar-refractivity contribution in [1.29, 1.82) is 0 Å². The molecular formula is C22H24F4O2. The number of methoxy groups -OCH3 is 1. The summed E-state index contributed by atoms with van der Waals surface area (Å²) in [4.78, 5) is 0. The first-order valence-electron chi connectivity index (χ1n) is 9.55. The number of halogens is 4. The molecule has 0 spiro atoms. The Bertz CT molecular complexity index is 830. The second-order valence-corrected chi connectivity index (χ2v) is 7.13. The molecule has 1 saturated carbocycles. The van der Waals surface area contributed by atoms with E-state index in [1.54, 1.807) is 25.1 Å². The van der Waals surface area contributed by atoms with E-state index in [0.29, 0.717) is 43.2 Å². The van der Waals surface area contributed by atoms with Gasteiger partial charge < -0.3 is 9.47 Å². The largest absolute Gasteiger partial charge is 0.494 e. The molecule has 0 unspecified atom stereocenters. The zero-order valence-electron chi connectivity index (χ0n) is 16.0. The summed E-state index contributed by atoms with van der Waals surface area (Å²) in [6.07, 6.45) is 2.88. The molecule has 3 rings (SSSR count). The zero-order valence-corrected chi connectivity index (χ0v) is 16.0. The SMILES string of the molecule is CCc1ccc(COC2CCC(c3ccc(OC)c(F)c3F)CC2)c(F)c1F. The topological polar surface area (TPSA) is 18.5 Å². The molecule has 2 nitrogen and oxygen atoms in total. The maximum Gasteiger partial charge on any atom is 0.200 e. The van der Waals surface area contributed by atoms with Crippen LogP contribution >= 0.6 is 0 Å². The van der Waals surface area contributed by atoms with Gasteiger partial charge in [-0.15, -0.1) is 0 Å². The van der Waals surface area contributed by atoms with Crippen LogP contribution in [0, 0.1) is 23.3 Å². The van der Waals surface area contributed by atoms with E-state index in [4.69, 9.17) is 9.47 Å².